The lowest BCUT2D eigenvalue weighted by Gasteiger charge is -2.10. The molecular weight excluding hydrogens is 370 g/mol. The number of Topliss-reactive ketones (excluding diaryl/α,β-unsaturated/α-hetero) is 1. The van der Waals surface area contributed by atoms with E-state index in [0.29, 0.717) is 0 Å². The van der Waals surface area contributed by atoms with Crippen molar-refractivity contribution in [2.24, 2.45) is 14.1 Å². The first-order valence-electron chi connectivity index (χ1n) is 7.83. The fourth-order valence-corrected chi connectivity index (χ4v) is 2.67. The van der Waals surface area contributed by atoms with Gasteiger partial charge in [-0.3, -0.25) is 18.7 Å². The number of aromatic nitrogens is 2. The van der Waals surface area contributed by atoms with Crippen LogP contribution in [-0.2, 0) is 23.6 Å². The van der Waals surface area contributed by atoms with Gasteiger partial charge in [-0.05, 0) is 30.0 Å². The van der Waals surface area contributed by atoms with E-state index in [1.54, 1.807) is 17.8 Å². The van der Waals surface area contributed by atoms with E-state index in [0.717, 1.165) is 19.6 Å². The van der Waals surface area contributed by atoms with E-state index in [2.05, 4.69) is 0 Å². The SMILES string of the molecule is CSc1ccc(/C=C/C(=O)OCC(=O)c2c(N)n(C)c(=O)n(C)c2=O)cc1. The standard InChI is InChI=1S/C18H19N3O5S/c1-20-16(19)15(17(24)21(2)18(20)25)13(22)10-26-14(23)9-6-11-4-7-12(27-3)8-5-11/h4-9H,10,19H2,1-3H3/b9-6+. The first-order valence-corrected chi connectivity index (χ1v) is 9.06. The molecule has 2 rings (SSSR count). The van der Waals surface area contributed by atoms with Crippen molar-refractivity contribution < 1.29 is 14.3 Å². The largest absolute Gasteiger partial charge is 0.454 e. The lowest BCUT2D eigenvalue weighted by Crippen LogP contribution is -2.42. The Morgan fingerprint density at radius 1 is 1.15 bits per heavy atom. The Balaban J connectivity index is 2.07. The molecule has 1 aromatic carbocycles. The summed E-state index contributed by atoms with van der Waals surface area (Å²) in [4.78, 5) is 49.0. The number of ether oxygens (including phenoxy) is 1. The van der Waals surface area contributed by atoms with Gasteiger partial charge in [0.25, 0.3) is 5.56 Å². The number of ketones is 1. The average Bonchev–Trinajstić information content (AvgIpc) is 2.68. The Hall–Kier alpha value is -3.07. The van der Waals surface area contributed by atoms with Crippen molar-refractivity contribution in [2.75, 3.05) is 18.6 Å². The number of rotatable bonds is 6. The van der Waals surface area contributed by atoms with Crippen LogP contribution >= 0.6 is 11.8 Å². The summed E-state index contributed by atoms with van der Waals surface area (Å²) in [5.41, 5.74) is 4.62. The van der Waals surface area contributed by atoms with Gasteiger partial charge in [-0.1, -0.05) is 12.1 Å². The molecule has 0 amide bonds. The van der Waals surface area contributed by atoms with Gasteiger partial charge in [0.2, 0.25) is 5.78 Å². The summed E-state index contributed by atoms with van der Waals surface area (Å²) in [6.45, 7) is -0.660. The van der Waals surface area contributed by atoms with E-state index < -0.39 is 29.6 Å². The molecule has 0 spiro atoms. The molecule has 2 aromatic rings. The topological polar surface area (TPSA) is 113 Å². The monoisotopic (exact) mass is 389 g/mol. The molecule has 0 saturated carbocycles. The molecule has 0 atom stereocenters. The maximum atomic E-state index is 12.2. The number of esters is 1. The van der Waals surface area contributed by atoms with E-state index in [1.165, 1.54) is 20.2 Å². The molecule has 8 nitrogen and oxygen atoms in total. The first-order chi connectivity index (χ1) is 12.8. The van der Waals surface area contributed by atoms with Crippen LogP contribution < -0.4 is 17.0 Å². The van der Waals surface area contributed by atoms with Crippen molar-refractivity contribution in [3.63, 3.8) is 0 Å². The minimum Gasteiger partial charge on any atom is -0.454 e. The predicted octanol–water partition coefficient (Wildman–Crippen LogP) is 0.827. The van der Waals surface area contributed by atoms with E-state index >= 15 is 0 Å². The number of benzene rings is 1. The highest BCUT2D eigenvalue weighted by Gasteiger charge is 2.21. The average molecular weight is 389 g/mol. The third-order valence-electron chi connectivity index (χ3n) is 3.86. The van der Waals surface area contributed by atoms with Gasteiger partial charge in [-0.25, -0.2) is 9.59 Å². The first kappa shape index (κ1) is 20.2. The van der Waals surface area contributed by atoms with Crippen molar-refractivity contribution >= 4 is 35.4 Å². The molecule has 27 heavy (non-hydrogen) atoms. The number of anilines is 1. The lowest BCUT2D eigenvalue weighted by atomic mass is 10.2. The summed E-state index contributed by atoms with van der Waals surface area (Å²) in [6.07, 6.45) is 4.70. The summed E-state index contributed by atoms with van der Waals surface area (Å²) in [6, 6.07) is 7.51. The van der Waals surface area contributed by atoms with Gasteiger partial charge in [-0.15, -0.1) is 11.8 Å². The minimum absolute atomic E-state index is 0.270. The van der Waals surface area contributed by atoms with Crippen LogP contribution in [0.15, 0.2) is 44.8 Å². The number of nitrogen functional groups attached to an aromatic ring is 1. The van der Waals surface area contributed by atoms with Crippen molar-refractivity contribution in [1.82, 2.24) is 9.13 Å². The smallest absolute Gasteiger partial charge is 0.332 e. The van der Waals surface area contributed by atoms with Gasteiger partial charge >= 0.3 is 11.7 Å². The fraction of sp³-hybridized carbons (Fsp3) is 0.222. The normalized spacial score (nSPS) is 10.9. The molecule has 2 N–H and O–H groups in total. The van der Waals surface area contributed by atoms with Gasteiger partial charge in [0, 0.05) is 25.1 Å². The molecule has 0 aliphatic heterocycles. The number of thioether (sulfide) groups is 1. The maximum Gasteiger partial charge on any atom is 0.332 e. The van der Waals surface area contributed by atoms with E-state index in [1.807, 2.05) is 30.5 Å². The summed E-state index contributed by atoms with van der Waals surface area (Å²) in [5, 5.41) is 0. The second-order valence-electron chi connectivity index (χ2n) is 5.60. The number of carbonyl (C=O) groups is 2. The van der Waals surface area contributed by atoms with Crippen molar-refractivity contribution in [3.8, 4) is 0 Å². The van der Waals surface area contributed by atoms with Crippen LogP contribution in [0.25, 0.3) is 6.08 Å². The quantitative estimate of drug-likeness (QED) is 0.337. The van der Waals surface area contributed by atoms with Crippen LogP contribution in [0.3, 0.4) is 0 Å². The Bertz CT molecular complexity index is 1020. The number of nitrogens with zero attached hydrogens (tertiary/aromatic N) is 2. The summed E-state index contributed by atoms with van der Waals surface area (Å²) in [7, 11) is 2.57. The van der Waals surface area contributed by atoms with Gasteiger partial charge in [0.05, 0.1) is 0 Å². The number of carbonyl (C=O) groups excluding carboxylic acids is 2. The highest BCUT2D eigenvalue weighted by Crippen LogP contribution is 2.15. The van der Waals surface area contributed by atoms with E-state index in [9.17, 15) is 19.2 Å². The Morgan fingerprint density at radius 2 is 1.78 bits per heavy atom. The number of nitrogens with two attached hydrogens (primary N) is 1. The molecule has 0 radical (unpaired) electrons. The van der Waals surface area contributed by atoms with Crippen LogP contribution in [-0.4, -0.2) is 33.7 Å². The molecule has 1 aromatic heterocycles. The van der Waals surface area contributed by atoms with E-state index in [4.69, 9.17) is 10.5 Å². The molecule has 0 bridgehead atoms. The van der Waals surface area contributed by atoms with Crippen molar-refractivity contribution in [1.29, 1.82) is 0 Å². The Morgan fingerprint density at radius 3 is 2.37 bits per heavy atom. The second-order valence-corrected chi connectivity index (χ2v) is 6.48. The molecule has 0 unspecified atom stereocenters. The Kier molecular flexibility index (Phi) is 6.40. The highest BCUT2D eigenvalue weighted by atomic mass is 32.2. The second kappa shape index (κ2) is 8.54. The van der Waals surface area contributed by atoms with Gasteiger partial charge in [0.15, 0.2) is 6.61 Å². The molecule has 0 fully saturated rings. The van der Waals surface area contributed by atoms with Crippen LogP contribution in [0.1, 0.15) is 15.9 Å². The summed E-state index contributed by atoms with van der Waals surface area (Å²) < 4.78 is 6.62. The number of hydrogen-bond acceptors (Lipinski definition) is 7. The van der Waals surface area contributed by atoms with Gasteiger partial charge in [-0.2, -0.15) is 0 Å². The van der Waals surface area contributed by atoms with Crippen LogP contribution in [0.4, 0.5) is 5.82 Å². The van der Waals surface area contributed by atoms with Crippen molar-refractivity contribution in [3.05, 3.63) is 62.3 Å². The molecule has 0 aliphatic carbocycles. The van der Waals surface area contributed by atoms with Crippen LogP contribution in [0.2, 0.25) is 0 Å². The predicted molar refractivity (Wildman–Crippen MR) is 104 cm³/mol. The summed E-state index contributed by atoms with van der Waals surface area (Å²) in [5.74, 6) is -1.79. The zero-order valence-electron chi connectivity index (χ0n) is 15.1. The van der Waals surface area contributed by atoms with E-state index in [-0.39, 0.29) is 11.4 Å². The van der Waals surface area contributed by atoms with Crippen LogP contribution in [0.5, 0.6) is 0 Å². The molecule has 1 heterocycles. The fourth-order valence-electron chi connectivity index (χ4n) is 2.26. The molecular formula is C18H19N3O5S. The Labute approximate surface area is 159 Å². The minimum atomic E-state index is -0.832. The molecule has 9 heteroatoms. The third kappa shape index (κ3) is 4.56. The molecule has 0 saturated heterocycles. The summed E-state index contributed by atoms with van der Waals surface area (Å²) >= 11 is 1.60. The maximum absolute atomic E-state index is 12.2. The molecule has 0 aliphatic rings. The van der Waals surface area contributed by atoms with Gasteiger partial charge < -0.3 is 10.5 Å². The zero-order chi connectivity index (χ0) is 20.1. The number of hydrogen-bond donors (Lipinski definition) is 1. The lowest BCUT2D eigenvalue weighted by molar-refractivity contribution is -0.136. The zero-order valence-corrected chi connectivity index (χ0v) is 15.9. The highest BCUT2D eigenvalue weighted by molar-refractivity contribution is 7.98. The van der Waals surface area contributed by atoms with Crippen molar-refractivity contribution in [2.45, 2.75) is 4.90 Å². The van der Waals surface area contributed by atoms with Gasteiger partial charge in [0.1, 0.15) is 11.4 Å². The third-order valence-corrected chi connectivity index (χ3v) is 4.61. The van der Waals surface area contributed by atoms with Crippen LogP contribution in [0, 0.1) is 0 Å². The molecule has 142 valence electrons.